The largest absolute Gasteiger partial charge is 0.452 e. The second-order valence-corrected chi connectivity index (χ2v) is 11.8. The first kappa shape index (κ1) is 31.7. The lowest BCUT2D eigenvalue weighted by Gasteiger charge is -2.34. The molecular formula is C37H35N7O5. The van der Waals surface area contributed by atoms with Crippen molar-refractivity contribution in [3.05, 3.63) is 108 Å². The first-order valence-corrected chi connectivity index (χ1v) is 16.2. The van der Waals surface area contributed by atoms with Crippen LogP contribution >= 0.6 is 0 Å². The van der Waals surface area contributed by atoms with Crippen molar-refractivity contribution >= 4 is 46.2 Å². The highest BCUT2D eigenvalue weighted by molar-refractivity contribution is 6.16. The van der Waals surface area contributed by atoms with Gasteiger partial charge in [-0.15, -0.1) is 0 Å². The van der Waals surface area contributed by atoms with Crippen LogP contribution in [0.5, 0.6) is 5.75 Å². The van der Waals surface area contributed by atoms with Gasteiger partial charge in [0.2, 0.25) is 5.78 Å². The fraction of sp³-hybridized carbons (Fsp3) is 0.216. The van der Waals surface area contributed by atoms with E-state index in [0.717, 1.165) is 40.8 Å². The minimum atomic E-state index is -0.461. The number of aliphatic hydroxyl groups is 1. The first-order valence-electron chi connectivity index (χ1n) is 16.2. The summed E-state index contributed by atoms with van der Waals surface area (Å²) in [6, 6.07) is 17.4. The maximum Gasteiger partial charge on any atom is 0.323 e. The van der Waals surface area contributed by atoms with Gasteiger partial charge in [0.25, 0.3) is 5.91 Å². The van der Waals surface area contributed by atoms with E-state index in [4.69, 9.17) is 4.74 Å². The molecule has 2 aliphatic rings. The first-order chi connectivity index (χ1) is 23.9. The number of ether oxygens (including phenoxy) is 1. The molecule has 3 N–H and O–H groups in total. The Morgan fingerprint density at radius 1 is 0.959 bits per heavy atom. The maximum absolute atomic E-state index is 13.6. The zero-order chi connectivity index (χ0) is 33.9. The summed E-state index contributed by atoms with van der Waals surface area (Å²) in [6.07, 6.45) is 8.60. The molecule has 3 amide bonds. The van der Waals surface area contributed by atoms with Gasteiger partial charge in [-0.1, -0.05) is 12.1 Å². The summed E-state index contributed by atoms with van der Waals surface area (Å²) in [5.41, 5.74) is 5.30. The lowest BCUT2D eigenvalue weighted by molar-refractivity contribution is 0.0615. The summed E-state index contributed by atoms with van der Waals surface area (Å²) in [5.74, 6) is 0.259. The molecule has 2 aliphatic heterocycles. The van der Waals surface area contributed by atoms with E-state index in [-0.39, 0.29) is 24.1 Å². The van der Waals surface area contributed by atoms with Crippen LogP contribution in [0, 0.1) is 0 Å². The number of hydrogen-bond acceptors (Lipinski definition) is 8. The lowest BCUT2D eigenvalue weighted by Crippen LogP contribution is -2.49. The Morgan fingerprint density at radius 2 is 1.76 bits per heavy atom. The summed E-state index contributed by atoms with van der Waals surface area (Å²) < 4.78 is 8.05. The van der Waals surface area contributed by atoms with Gasteiger partial charge in [0.05, 0.1) is 24.1 Å². The molecule has 12 nitrogen and oxygen atoms in total. The molecule has 0 bridgehead atoms. The number of nitrogens with one attached hydrogen (secondary N) is 2. The fourth-order valence-corrected chi connectivity index (χ4v) is 6.27. The number of ketones is 1. The number of urea groups is 1. The van der Waals surface area contributed by atoms with Crippen molar-refractivity contribution < 1.29 is 24.2 Å². The third kappa shape index (κ3) is 6.51. The van der Waals surface area contributed by atoms with Crippen molar-refractivity contribution in [2.75, 3.05) is 50.0 Å². The second kappa shape index (κ2) is 13.7. The Kier molecular flexibility index (Phi) is 8.88. The van der Waals surface area contributed by atoms with E-state index in [1.54, 1.807) is 48.8 Å². The van der Waals surface area contributed by atoms with Crippen LogP contribution in [0.4, 0.5) is 16.2 Å². The number of fused-ring (bicyclic) bond motifs is 2. The summed E-state index contributed by atoms with van der Waals surface area (Å²) in [7, 11) is 0. The lowest BCUT2D eigenvalue weighted by atomic mass is 9.99. The smallest absolute Gasteiger partial charge is 0.323 e. The molecule has 248 valence electrons. The monoisotopic (exact) mass is 657 g/mol. The van der Waals surface area contributed by atoms with Crippen LogP contribution in [0.25, 0.3) is 28.2 Å². The molecule has 0 saturated carbocycles. The van der Waals surface area contributed by atoms with Gasteiger partial charge < -0.3 is 29.9 Å². The molecule has 0 atom stereocenters. The number of Topliss-reactive ketones (excluding diaryl/α,β-unsaturated/α-hetero) is 1. The summed E-state index contributed by atoms with van der Waals surface area (Å²) in [4.78, 5) is 52.0. The molecule has 2 aromatic carbocycles. The molecule has 5 aromatic rings. The Bertz CT molecular complexity index is 2070. The zero-order valence-corrected chi connectivity index (χ0v) is 26.9. The molecule has 1 fully saturated rings. The number of hydrogen-bond donors (Lipinski definition) is 3. The number of aliphatic hydroxyl groups excluding tert-OH is 1. The number of β-amino-alcohol motifs (C(OH)–C–C–N with tert-alkyl or cyclic N) is 1. The maximum atomic E-state index is 13.6. The van der Waals surface area contributed by atoms with E-state index in [1.807, 2.05) is 52.9 Å². The van der Waals surface area contributed by atoms with Crippen LogP contribution in [0.3, 0.4) is 0 Å². The molecule has 7 rings (SSSR count). The SMILES string of the molecule is CCn1cc(/C=C2\Oc3ccc(NC(=O)Nc4cccnc4)cc3C2=O)c2c(-c3ccc(C(=O)N4CCN(CCO)CC4)cc3)ccnc21. The predicted molar refractivity (Wildman–Crippen MR) is 187 cm³/mol. The van der Waals surface area contributed by atoms with Crippen LogP contribution in [-0.2, 0) is 6.54 Å². The van der Waals surface area contributed by atoms with Crippen LogP contribution < -0.4 is 15.4 Å². The van der Waals surface area contributed by atoms with Crippen molar-refractivity contribution in [1.82, 2.24) is 24.3 Å². The normalized spacial score (nSPS) is 15.3. The molecule has 12 heteroatoms. The van der Waals surface area contributed by atoms with Gasteiger partial charge in [-0.3, -0.25) is 19.5 Å². The number of allylic oxidation sites excluding steroid dienone is 1. The molecule has 0 aliphatic carbocycles. The topological polar surface area (TPSA) is 142 Å². The van der Waals surface area contributed by atoms with E-state index in [2.05, 4.69) is 25.5 Å². The van der Waals surface area contributed by atoms with Crippen LogP contribution in [0.15, 0.2) is 91.2 Å². The van der Waals surface area contributed by atoms with E-state index < -0.39 is 6.03 Å². The number of carbonyl (C=O) groups excluding carboxylic acids is 3. The van der Waals surface area contributed by atoms with Gasteiger partial charge in [0.1, 0.15) is 11.4 Å². The standard InChI is InChI=1S/C37H35N7O5/c1-2-43-23-26(20-32-34(46)30-21-27(9-10-31(30)49-32)40-37(48)41-28-4-3-12-38-22-28)33-29(11-13-39-35(33)43)24-5-7-25(8-6-24)36(47)44-16-14-42(15-17-44)18-19-45/h3-13,20-23,45H,2,14-19H2,1H3,(H2,40,41,48)/b32-20-. The van der Waals surface area contributed by atoms with Gasteiger partial charge in [-0.2, -0.15) is 0 Å². The van der Waals surface area contributed by atoms with Gasteiger partial charge in [-0.25, -0.2) is 9.78 Å². The number of aryl methyl sites for hydroxylation is 1. The Hall–Kier alpha value is -5.85. The van der Waals surface area contributed by atoms with Crippen LogP contribution in [-0.4, -0.2) is 86.5 Å². The molecule has 1 saturated heterocycles. The van der Waals surface area contributed by atoms with Crippen LogP contribution in [0.1, 0.15) is 33.2 Å². The molecule has 0 spiro atoms. The van der Waals surface area contributed by atoms with Crippen LogP contribution in [0.2, 0.25) is 0 Å². The molecule has 0 radical (unpaired) electrons. The fourth-order valence-electron chi connectivity index (χ4n) is 6.27. The van der Waals surface area contributed by atoms with E-state index in [1.165, 1.54) is 6.20 Å². The number of aromatic nitrogens is 3. The predicted octanol–water partition coefficient (Wildman–Crippen LogP) is 5.13. The van der Waals surface area contributed by atoms with Crippen molar-refractivity contribution in [3.8, 4) is 16.9 Å². The number of carbonyl (C=O) groups is 3. The average Bonchev–Trinajstić information content (AvgIpc) is 3.65. The number of amides is 3. The summed E-state index contributed by atoms with van der Waals surface area (Å²) in [6.45, 7) is 6.16. The third-order valence-corrected chi connectivity index (χ3v) is 8.78. The van der Waals surface area contributed by atoms with E-state index in [9.17, 15) is 19.5 Å². The molecule has 0 unspecified atom stereocenters. The van der Waals surface area contributed by atoms with E-state index >= 15 is 0 Å². The third-order valence-electron chi connectivity index (χ3n) is 8.78. The Balaban J connectivity index is 1.13. The number of anilines is 2. The van der Waals surface area contributed by atoms with Crippen molar-refractivity contribution in [2.45, 2.75) is 13.5 Å². The number of rotatable bonds is 8. The van der Waals surface area contributed by atoms with Gasteiger partial charge in [0.15, 0.2) is 5.76 Å². The Labute approximate surface area is 282 Å². The highest BCUT2D eigenvalue weighted by atomic mass is 16.5. The number of piperazine rings is 1. The van der Waals surface area contributed by atoms with Crippen molar-refractivity contribution in [2.24, 2.45) is 0 Å². The highest BCUT2D eigenvalue weighted by Gasteiger charge is 2.29. The van der Waals surface area contributed by atoms with Gasteiger partial charge >= 0.3 is 6.03 Å². The van der Waals surface area contributed by atoms with Crippen molar-refractivity contribution in [3.63, 3.8) is 0 Å². The van der Waals surface area contributed by atoms with E-state index in [0.29, 0.717) is 54.4 Å². The second-order valence-electron chi connectivity index (χ2n) is 11.8. The number of pyridine rings is 2. The number of nitrogens with zero attached hydrogens (tertiary/aromatic N) is 5. The van der Waals surface area contributed by atoms with Crippen molar-refractivity contribution in [1.29, 1.82) is 0 Å². The average molecular weight is 658 g/mol. The van der Waals surface area contributed by atoms with Gasteiger partial charge in [-0.05, 0) is 72.7 Å². The Morgan fingerprint density at radius 3 is 2.49 bits per heavy atom. The molecule has 5 heterocycles. The minimum Gasteiger partial charge on any atom is -0.452 e. The minimum absolute atomic E-state index is 0.0124. The van der Waals surface area contributed by atoms with Gasteiger partial charge in [0, 0.05) is 80.1 Å². The molecule has 3 aromatic heterocycles. The summed E-state index contributed by atoms with van der Waals surface area (Å²) in [5, 5.41) is 15.5. The highest BCUT2D eigenvalue weighted by Crippen LogP contribution is 2.37. The number of benzene rings is 2. The zero-order valence-electron chi connectivity index (χ0n) is 26.9. The molecular weight excluding hydrogens is 622 g/mol. The molecule has 49 heavy (non-hydrogen) atoms. The quantitative estimate of drug-likeness (QED) is 0.195. The summed E-state index contributed by atoms with van der Waals surface area (Å²) >= 11 is 0.